The van der Waals surface area contributed by atoms with Crippen molar-refractivity contribution in [2.75, 3.05) is 43.4 Å². The highest BCUT2D eigenvalue weighted by atomic mass is 16.5. The molecule has 1 aromatic carbocycles. The first-order valence-corrected chi connectivity index (χ1v) is 8.69. The lowest BCUT2D eigenvalue weighted by Gasteiger charge is -2.36. The lowest BCUT2D eigenvalue weighted by atomic mass is 10.0. The first-order valence-electron chi connectivity index (χ1n) is 8.69. The van der Waals surface area contributed by atoms with Gasteiger partial charge >= 0.3 is 5.97 Å². The van der Waals surface area contributed by atoms with Crippen LogP contribution in [0, 0.1) is 5.92 Å². The van der Waals surface area contributed by atoms with Gasteiger partial charge in [-0.25, -0.2) is 0 Å². The third kappa shape index (κ3) is 3.96. The van der Waals surface area contributed by atoms with Crippen LogP contribution in [0.25, 0.3) is 0 Å². The summed E-state index contributed by atoms with van der Waals surface area (Å²) < 4.78 is 5.47. The van der Waals surface area contributed by atoms with Gasteiger partial charge in [-0.3, -0.25) is 9.69 Å². The van der Waals surface area contributed by atoms with Crippen LogP contribution in [0.1, 0.15) is 26.2 Å². The molecular weight excluding hydrogens is 290 g/mol. The Morgan fingerprint density at radius 1 is 1.17 bits per heavy atom. The number of hydrogen-bond donors (Lipinski definition) is 1. The van der Waals surface area contributed by atoms with E-state index >= 15 is 0 Å². The van der Waals surface area contributed by atoms with Gasteiger partial charge in [0.2, 0.25) is 0 Å². The van der Waals surface area contributed by atoms with Crippen LogP contribution in [0.2, 0.25) is 0 Å². The number of rotatable bonds is 5. The molecule has 5 heteroatoms. The molecule has 23 heavy (non-hydrogen) atoms. The summed E-state index contributed by atoms with van der Waals surface area (Å²) in [6, 6.07) is 8.10. The van der Waals surface area contributed by atoms with Crippen LogP contribution in [-0.2, 0) is 9.53 Å². The predicted octanol–water partition coefficient (Wildman–Crippen LogP) is 2.12. The summed E-state index contributed by atoms with van der Waals surface area (Å²) in [6.07, 6.45) is 2.89. The zero-order chi connectivity index (χ0) is 16.2. The molecule has 1 aromatic rings. The number of nitrogens with two attached hydrogens (primary N) is 1. The zero-order valence-corrected chi connectivity index (χ0v) is 13.9. The van der Waals surface area contributed by atoms with Crippen LogP contribution in [-0.4, -0.2) is 49.7 Å². The molecule has 0 aromatic heterocycles. The molecule has 0 bridgehead atoms. The molecule has 2 heterocycles. The van der Waals surface area contributed by atoms with Gasteiger partial charge in [0.25, 0.3) is 0 Å². The second kappa shape index (κ2) is 7.21. The number of hydrogen-bond acceptors (Lipinski definition) is 5. The Labute approximate surface area is 138 Å². The summed E-state index contributed by atoms with van der Waals surface area (Å²) in [4.78, 5) is 16.5. The number of esters is 1. The van der Waals surface area contributed by atoms with Crippen LogP contribution in [0.3, 0.4) is 0 Å². The Kier molecular flexibility index (Phi) is 5.06. The summed E-state index contributed by atoms with van der Waals surface area (Å²) in [5.74, 6) is 0.132. The summed E-state index contributed by atoms with van der Waals surface area (Å²) in [5.41, 5.74) is 7.80. The fourth-order valence-electron chi connectivity index (χ4n) is 3.47. The van der Waals surface area contributed by atoms with Crippen molar-refractivity contribution < 1.29 is 9.53 Å². The van der Waals surface area contributed by atoms with Gasteiger partial charge in [0.1, 0.15) is 6.10 Å². The van der Waals surface area contributed by atoms with Crippen LogP contribution in [0.5, 0.6) is 0 Å². The van der Waals surface area contributed by atoms with Crippen LogP contribution in [0.4, 0.5) is 11.4 Å². The Bertz CT molecular complexity index is 524. The molecule has 0 saturated carbocycles. The molecule has 2 saturated heterocycles. The minimum Gasteiger partial charge on any atom is -0.462 e. The molecule has 0 radical (unpaired) electrons. The molecule has 2 atom stereocenters. The van der Waals surface area contributed by atoms with Gasteiger partial charge in [0, 0.05) is 44.1 Å². The Hall–Kier alpha value is -1.75. The number of nitrogen functional groups attached to an aromatic ring is 1. The summed E-state index contributed by atoms with van der Waals surface area (Å²) >= 11 is 0. The molecule has 2 N–H and O–H groups in total. The van der Waals surface area contributed by atoms with Gasteiger partial charge in [0.05, 0.1) is 5.92 Å². The third-order valence-electron chi connectivity index (χ3n) is 5.05. The van der Waals surface area contributed by atoms with E-state index in [0.29, 0.717) is 0 Å². The lowest BCUT2D eigenvalue weighted by molar-refractivity contribution is -0.144. The molecule has 2 aliphatic rings. The minimum absolute atomic E-state index is 0.00525. The molecule has 2 unspecified atom stereocenters. The number of nitrogens with zero attached hydrogens (tertiary/aromatic N) is 2. The first-order chi connectivity index (χ1) is 11.2. The molecule has 126 valence electrons. The summed E-state index contributed by atoms with van der Waals surface area (Å²) in [5, 5.41) is 0. The Balaban J connectivity index is 1.41. The quantitative estimate of drug-likeness (QED) is 0.666. The molecule has 0 spiro atoms. The maximum absolute atomic E-state index is 11.6. The molecule has 2 aliphatic heterocycles. The van der Waals surface area contributed by atoms with Gasteiger partial charge in [-0.15, -0.1) is 0 Å². The van der Waals surface area contributed by atoms with E-state index in [1.165, 1.54) is 5.69 Å². The fraction of sp³-hybridized carbons (Fsp3) is 0.611. The van der Waals surface area contributed by atoms with Gasteiger partial charge in [-0.2, -0.15) is 0 Å². The van der Waals surface area contributed by atoms with E-state index in [1.807, 2.05) is 12.1 Å². The monoisotopic (exact) mass is 317 g/mol. The topological polar surface area (TPSA) is 58.8 Å². The van der Waals surface area contributed by atoms with E-state index < -0.39 is 0 Å². The average Bonchev–Trinajstić information content (AvgIpc) is 2.94. The second-order valence-corrected chi connectivity index (χ2v) is 6.61. The maximum Gasteiger partial charge on any atom is 0.309 e. The predicted molar refractivity (Wildman–Crippen MR) is 92.4 cm³/mol. The van der Waals surface area contributed by atoms with E-state index in [9.17, 15) is 4.79 Å². The van der Waals surface area contributed by atoms with Crippen molar-refractivity contribution in [3.8, 4) is 0 Å². The van der Waals surface area contributed by atoms with E-state index in [1.54, 1.807) is 0 Å². The number of ether oxygens (including phenoxy) is 1. The highest BCUT2D eigenvalue weighted by Gasteiger charge is 2.33. The third-order valence-corrected chi connectivity index (χ3v) is 5.05. The highest BCUT2D eigenvalue weighted by Crippen LogP contribution is 2.26. The number of carbonyl (C=O) groups is 1. The number of anilines is 2. The summed E-state index contributed by atoms with van der Waals surface area (Å²) in [6.45, 7) is 7.26. The Morgan fingerprint density at radius 2 is 1.87 bits per heavy atom. The van der Waals surface area contributed by atoms with Crippen LogP contribution < -0.4 is 10.6 Å². The molecule has 0 aliphatic carbocycles. The van der Waals surface area contributed by atoms with Crippen molar-refractivity contribution in [3.63, 3.8) is 0 Å². The number of benzene rings is 1. The van der Waals surface area contributed by atoms with Crippen molar-refractivity contribution in [2.45, 2.75) is 32.3 Å². The smallest absolute Gasteiger partial charge is 0.309 e. The van der Waals surface area contributed by atoms with E-state index in [2.05, 4.69) is 28.9 Å². The number of cyclic esters (lactones) is 1. The standard InChI is InChI=1S/C18H27N3O2/c1-2-14-13-17(23-18(14)22)7-8-20-9-11-21(12-10-20)16-5-3-15(19)4-6-16/h3-6,14,17H,2,7-13,19H2,1H3. The molecule has 0 amide bonds. The van der Waals surface area contributed by atoms with Gasteiger partial charge in [-0.05, 0) is 43.5 Å². The molecular formula is C18H27N3O2. The van der Waals surface area contributed by atoms with Crippen LogP contribution in [0.15, 0.2) is 24.3 Å². The number of carbonyl (C=O) groups excluding carboxylic acids is 1. The van der Waals surface area contributed by atoms with Crippen molar-refractivity contribution >= 4 is 17.3 Å². The highest BCUT2D eigenvalue weighted by molar-refractivity contribution is 5.74. The van der Waals surface area contributed by atoms with Crippen molar-refractivity contribution in [2.24, 2.45) is 5.92 Å². The zero-order valence-electron chi connectivity index (χ0n) is 13.9. The largest absolute Gasteiger partial charge is 0.462 e. The normalized spacial score (nSPS) is 25.6. The molecule has 5 nitrogen and oxygen atoms in total. The maximum atomic E-state index is 11.6. The van der Waals surface area contributed by atoms with Crippen LogP contribution >= 0.6 is 0 Å². The van der Waals surface area contributed by atoms with E-state index in [-0.39, 0.29) is 18.0 Å². The van der Waals surface area contributed by atoms with Crippen molar-refractivity contribution in [1.82, 2.24) is 4.90 Å². The fourth-order valence-corrected chi connectivity index (χ4v) is 3.47. The Morgan fingerprint density at radius 3 is 2.48 bits per heavy atom. The SMILES string of the molecule is CCC1CC(CCN2CCN(c3ccc(N)cc3)CC2)OC1=O. The lowest BCUT2D eigenvalue weighted by Crippen LogP contribution is -2.47. The average molecular weight is 317 g/mol. The van der Waals surface area contributed by atoms with Gasteiger partial charge in [-0.1, -0.05) is 6.92 Å². The summed E-state index contributed by atoms with van der Waals surface area (Å²) in [7, 11) is 0. The van der Waals surface area contributed by atoms with Gasteiger partial charge in [0.15, 0.2) is 0 Å². The number of piperazine rings is 1. The first kappa shape index (κ1) is 16.1. The van der Waals surface area contributed by atoms with Crippen molar-refractivity contribution in [3.05, 3.63) is 24.3 Å². The van der Waals surface area contributed by atoms with Gasteiger partial charge < -0.3 is 15.4 Å². The van der Waals surface area contributed by atoms with Crippen molar-refractivity contribution in [1.29, 1.82) is 0 Å². The molecule has 3 rings (SSSR count). The minimum atomic E-state index is 0.00525. The van der Waals surface area contributed by atoms with E-state index in [0.717, 1.165) is 57.7 Å². The molecule has 2 fully saturated rings. The van der Waals surface area contributed by atoms with E-state index in [4.69, 9.17) is 10.5 Å². The second-order valence-electron chi connectivity index (χ2n) is 6.61.